The SMILES string of the molecule is C/C=C/C=C=CCCC(=O)/C=C/CCOC(C)OCC. The van der Waals surface area contributed by atoms with Crippen LogP contribution in [0.3, 0.4) is 0 Å². The highest BCUT2D eigenvalue weighted by molar-refractivity contribution is 5.89. The molecule has 0 aliphatic rings. The first-order valence-corrected chi connectivity index (χ1v) is 7.15. The van der Waals surface area contributed by atoms with Gasteiger partial charge in [0.2, 0.25) is 0 Å². The minimum Gasteiger partial charge on any atom is -0.353 e. The number of carbonyl (C=O) groups is 1. The van der Waals surface area contributed by atoms with Crippen LogP contribution in [0, 0.1) is 0 Å². The Labute approximate surface area is 122 Å². The molecule has 0 aromatic rings. The van der Waals surface area contributed by atoms with Gasteiger partial charge in [0.1, 0.15) is 0 Å². The van der Waals surface area contributed by atoms with Gasteiger partial charge in [0, 0.05) is 13.0 Å². The summed E-state index contributed by atoms with van der Waals surface area (Å²) in [6, 6.07) is 0. The molecule has 0 spiro atoms. The van der Waals surface area contributed by atoms with Gasteiger partial charge < -0.3 is 9.47 Å². The molecule has 0 amide bonds. The first-order valence-electron chi connectivity index (χ1n) is 7.15. The second kappa shape index (κ2) is 14.0. The lowest BCUT2D eigenvalue weighted by molar-refractivity contribution is -0.125. The Hall–Kier alpha value is -1.41. The van der Waals surface area contributed by atoms with Crippen LogP contribution in [0.25, 0.3) is 0 Å². The van der Waals surface area contributed by atoms with E-state index in [0.29, 0.717) is 19.6 Å². The maximum atomic E-state index is 11.5. The Balaban J connectivity index is 3.65. The van der Waals surface area contributed by atoms with Crippen LogP contribution in [0.1, 0.15) is 40.0 Å². The molecule has 112 valence electrons. The third kappa shape index (κ3) is 13.0. The molecule has 1 unspecified atom stereocenters. The molecule has 0 saturated heterocycles. The Morgan fingerprint density at radius 1 is 1.30 bits per heavy atom. The number of carbonyl (C=O) groups excluding carboxylic acids is 1. The first-order chi connectivity index (χ1) is 9.70. The van der Waals surface area contributed by atoms with Crippen LogP contribution in [0.15, 0.2) is 42.2 Å². The van der Waals surface area contributed by atoms with E-state index in [1.165, 1.54) is 0 Å². The fourth-order valence-electron chi connectivity index (χ4n) is 1.40. The van der Waals surface area contributed by atoms with Crippen LogP contribution >= 0.6 is 0 Å². The molecule has 0 aromatic carbocycles. The van der Waals surface area contributed by atoms with Gasteiger partial charge in [-0.15, -0.1) is 5.73 Å². The molecular formula is C17H26O3. The number of ether oxygens (including phenoxy) is 2. The third-order valence-corrected chi connectivity index (χ3v) is 2.38. The zero-order valence-electron chi connectivity index (χ0n) is 12.8. The van der Waals surface area contributed by atoms with Gasteiger partial charge in [0.25, 0.3) is 0 Å². The molecule has 1 atom stereocenters. The van der Waals surface area contributed by atoms with Crippen molar-refractivity contribution >= 4 is 5.78 Å². The van der Waals surface area contributed by atoms with Crippen LogP contribution in [0.4, 0.5) is 0 Å². The molecule has 0 aliphatic heterocycles. The van der Waals surface area contributed by atoms with Crippen molar-refractivity contribution in [2.24, 2.45) is 0 Å². The van der Waals surface area contributed by atoms with E-state index in [1.54, 1.807) is 6.08 Å². The molecule has 0 bridgehead atoms. The standard InChI is InChI=1S/C17H26O3/c1-4-6-7-8-9-10-13-17(18)14-11-12-15-20-16(3)19-5-2/h4,6-7,9,11,14,16H,5,10,12-13,15H2,1-3H3/b6-4+,14-11+. The van der Waals surface area contributed by atoms with Gasteiger partial charge in [0.15, 0.2) is 12.1 Å². The van der Waals surface area contributed by atoms with Gasteiger partial charge >= 0.3 is 0 Å². The van der Waals surface area contributed by atoms with Crippen molar-refractivity contribution in [1.82, 2.24) is 0 Å². The van der Waals surface area contributed by atoms with Gasteiger partial charge in [-0.2, -0.15) is 0 Å². The third-order valence-electron chi connectivity index (χ3n) is 2.38. The molecule has 3 heteroatoms. The predicted molar refractivity (Wildman–Crippen MR) is 82.5 cm³/mol. The zero-order valence-corrected chi connectivity index (χ0v) is 12.8. The summed E-state index contributed by atoms with van der Waals surface area (Å²) in [6.45, 7) is 6.96. The molecule has 0 rings (SSSR count). The van der Waals surface area contributed by atoms with E-state index in [-0.39, 0.29) is 12.1 Å². The Morgan fingerprint density at radius 3 is 2.80 bits per heavy atom. The number of hydrogen-bond acceptors (Lipinski definition) is 3. The molecule has 20 heavy (non-hydrogen) atoms. The Morgan fingerprint density at radius 2 is 2.10 bits per heavy atom. The van der Waals surface area contributed by atoms with Crippen molar-refractivity contribution < 1.29 is 14.3 Å². The average Bonchev–Trinajstić information content (AvgIpc) is 2.42. The zero-order chi connectivity index (χ0) is 15.1. The fraction of sp³-hybridized carbons (Fsp3) is 0.529. The van der Waals surface area contributed by atoms with Crippen LogP contribution in [-0.4, -0.2) is 25.3 Å². The van der Waals surface area contributed by atoms with Crippen molar-refractivity contribution in [3.05, 3.63) is 42.2 Å². The number of hydrogen-bond donors (Lipinski definition) is 0. The van der Waals surface area contributed by atoms with Crippen LogP contribution in [-0.2, 0) is 14.3 Å². The summed E-state index contributed by atoms with van der Waals surface area (Å²) in [5.41, 5.74) is 3.00. The second-order valence-electron chi connectivity index (χ2n) is 4.15. The molecule has 0 aromatic heterocycles. The monoisotopic (exact) mass is 278 g/mol. The Bertz CT molecular complexity index is 360. The highest BCUT2D eigenvalue weighted by atomic mass is 16.7. The summed E-state index contributed by atoms with van der Waals surface area (Å²) in [5.74, 6) is 0.131. The summed E-state index contributed by atoms with van der Waals surface area (Å²) < 4.78 is 10.6. The number of rotatable bonds is 11. The summed E-state index contributed by atoms with van der Waals surface area (Å²) in [7, 11) is 0. The second-order valence-corrected chi connectivity index (χ2v) is 4.15. The molecule has 0 saturated carbocycles. The lowest BCUT2D eigenvalue weighted by Gasteiger charge is -2.11. The van der Waals surface area contributed by atoms with Crippen molar-refractivity contribution in [2.75, 3.05) is 13.2 Å². The van der Waals surface area contributed by atoms with Crippen molar-refractivity contribution in [1.29, 1.82) is 0 Å². The summed E-state index contributed by atoms with van der Waals surface area (Å²) in [4.78, 5) is 11.5. The van der Waals surface area contributed by atoms with Crippen molar-refractivity contribution in [3.63, 3.8) is 0 Å². The highest BCUT2D eigenvalue weighted by Gasteiger charge is 1.98. The van der Waals surface area contributed by atoms with E-state index in [4.69, 9.17) is 9.47 Å². The largest absolute Gasteiger partial charge is 0.353 e. The summed E-state index contributed by atoms with van der Waals surface area (Å²) in [6.07, 6.45) is 12.8. The maximum absolute atomic E-state index is 11.5. The van der Waals surface area contributed by atoms with Crippen molar-refractivity contribution in [3.8, 4) is 0 Å². The predicted octanol–water partition coefficient (Wildman–Crippen LogP) is 3.97. The highest BCUT2D eigenvalue weighted by Crippen LogP contribution is 1.97. The molecule has 0 aliphatic carbocycles. The quantitative estimate of drug-likeness (QED) is 0.189. The number of ketones is 1. The molecule has 0 heterocycles. The lowest BCUT2D eigenvalue weighted by Crippen LogP contribution is -2.13. The van der Waals surface area contributed by atoms with E-state index < -0.39 is 0 Å². The van der Waals surface area contributed by atoms with E-state index >= 15 is 0 Å². The van der Waals surface area contributed by atoms with Gasteiger partial charge in [-0.25, -0.2) is 0 Å². The van der Waals surface area contributed by atoms with Gasteiger partial charge in [0.05, 0.1) is 6.61 Å². The molecule has 0 N–H and O–H groups in total. The number of allylic oxidation sites excluding steroid dienone is 4. The van der Waals surface area contributed by atoms with Crippen molar-refractivity contribution in [2.45, 2.75) is 46.3 Å². The first kappa shape index (κ1) is 18.6. The van der Waals surface area contributed by atoms with Gasteiger partial charge in [-0.05, 0) is 51.8 Å². The van der Waals surface area contributed by atoms with E-state index in [0.717, 1.165) is 12.8 Å². The van der Waals surface area contributed by atoms with Crippen LogP contribution in [0.5, 0.6) is 0 Å². The Kier molecular flexibility index (Phi) is 13.0. The van der Waals surface area contributed by atoms with Gasteiger partial charge in [-0.3, -0.25) is 4.79 Å². The molecular weight excluding hydrogens is 252 g/mol. The minimum absolute atomic E-state index is 0.131. The minimum atomic E-state index is -0.182. The molecule has 0 radical (unpaired) electrons. The van der Waals surface area contributed by atoms with Crippen LogP contribution < -0.4 is 0 Å². The van der Waals surface area contributed by atoms with E-state index in [1.807, 2.05) is 51.2 Å². The summed E-state index contributed by atoms with van der Waals surface area (Å²) >= 11 is 0. The average molecular weight is 278 g/mol. The van der Waals surface area contributed by atoms with Crippen LogP contribution in [0.2, 0.25) is 0 Å². The topological polar surface area (TPSA) is 35.5 Å². The fourth-order valence-corrected chi connectivity index (χ4v) is 1.40. The summed E-state index contributed by atoms with van der Waals surface area (Å²) in [5, 5.41) is 0. The van der Waals surface area contributed by atoms with E-state index in [2.05, 4.69) is 5.73 Å². The lowest BCUT2D eigenvalue weighted by atomic mass is 10.2. The smallest absolute Gasteiger partial charge is 0.155 e. The molecule has 0 fully saturated rings. The maximum Gasteiger partial charge on any atom is 0.155 e. The van der Waals surface area contributed by atoms with Gasteiger partial charge in [-0.1, -0.05) is 18.2 Å². The normalized spacial score (nSPS) is 12.6. The van der Waals surface area contributed by atoms with E-state index in [9.17, 15) is 4.79 Å². The molecule has 3 nitrogen and oxygen atoms in total.